The van der Waals surface area contributed by atoms with Gasteiger partial charge in [0.2, 0.25) is 3.83 Å². The molecule has 0 amide bonds. The van der Waals surface area contributed by atoms with Crippen LogP contribution >= 0.6 is 34.1 Å². The Balaban J connectivity index is 2.02. The third-order valence-electron chi connectivity index (χ3n) is 2.31. The summed E-state index contributed by atoms with van der Waals surface area (Å²) in [4.78, 5) is 4.35. The molecule has 0 N–H and O–H groups in total. The second kappa shape index (κ2) is 5.03. The van der Waals surface area contributed by atoms with Crippen LogP contribution in [0.5, 0.6) is 0 Å². The fourth-order valence-corrected chi connectivity index (χ4v) is 2.76. The summed E-state index contributed by atoms with van der Waals surface area (Å²) in [6.07, 6.45) is 2.05. The highest BCUT2D eigenvalue weighted by Crippen LogP contribution is 2.13. The first-order valence-corrected chi connectivity index (χ1v) is 6.63. The topological polar surface area (TPSA) is 25.8 Å². The molecule has 2 aromatic rings. The van der Waals surface area contributed by atoms with E-state index < -0.39 is 0 Å². The Kier molecular flexibility index (Phi) is 3.69. The Hall–Kier alpha value is -0.490. The smallest absolute Gasteiger partial charge is 0.203 e. The number of halogens is 1. The molecule has 0 spiro atoms. The van der Waals surface area contributed by atoms with Crippen LogP contribution in [0.4, 0.5) is 0 Å². The van der Waals surface area contributed by atoms with Gasteiger partial charge in [0.15, 0.2) is 0 Å². The molecular weight excluding hydrogens is 319 g/mol. The third kappa shape index (κ3) is 2.98. The Morgan fingerprint density at radius 2 is 2.07 bits per heavy atom. The Morgan fingerprint density at radius 1 is 1.27 bits per heavy atom. The highest BCUT2D eigenvalue weighted by Gasteiger charge is 2.03. The van der Waals surface area contributed by atoms with E-state index >= 15 is 0 Å². The molecule has 0 atom stereocenters. The van der Waals surface area contributed by atoms with Gasteiger partial charge >= 0.3 is 0 Å². The summed E-state index contributed by atoms with van der Waals surface area (Å²) in [7, 11) is 0. The number of aromatic nitrogens is 2. The molecule has 1 aromatic heterocycles. The van der Waals surface area contributed by atoms with Crippen LogP contribution in [0, 0.1) is 10.8 Å². The zero-order valence-electron chi connectivity index (χ0n) is 8.40. The minimum Gasteiger partial charge on any atom is -0.215 e. The second-order valence-electron chi connectivity index (χ2n) is 3.38. The van der Waals surface area contributed by atoms with Crippen LogP contribution in [0.2, 0.25) is 0 Å². The lowest BCUT2D eigenvalue weighted by Gasteiger charge is -2.02. The first-order chi connectivity index (χ1) is 7.25. The molecule has 2 nitrogen and oxygen atoms in total. The lowest BCUT2D eigenvalue weighted by atomic mass is 10.0. The summed E-state index contributed by atoms with van der Waals surface area (Å²) in [6, 6.07) is 8.50. The van der Waals surface area contributed by atoms with Crippen molar-refractivity contribution in [1.82, 2.24) is 9.36 Å². The summed E-state index contributed by atoms with van der Waals surface area (Å²) in [5.41, 5.74) is 2.76. The average molecular weight is 330 g/mol. The van der Waals surface area contributed by atoms with E-state index in [-0.39, 0.29) is 0 Å². The van der Waals surface area contributed by atoms with Crippen molar-refractivity contribution in [3.63, 3.8) is 0 Å². The van der Waals surface area contributed by atoms with Gasteiger partial charge in [0.1, 0.15) is 5.01 Å². The van der Waals surface area contributed by atoms with Gasteiger partial charge in [0, 0.05) is 29.0 Å². The van der Waals surface area contributed by atoms with Crippen LogP contribution < -0.4 is 0 Å². The van der Waals surface area contributed by atoms with Gasteiger partial charge in [0.05, 0.1) is 0 Å². The zero-order valence-corrected chi connectivity index (χ0v) is 11.4. The van der Waals surface area contributed by atoms with Crippen LogP contribution in [0.3, 0.4) is 0 Å². The Morgan fingerprint density at radius 3 is 2.73 bits per heavy atom. The summed E-state index contributed by atoms with van der Waals surface area (Å²) in [5, 5.41) is 1.13. The van der Waals surface area contributed by atoms with Gasteiger partial charge in [-0.1, -0.05) is 24.3 Å². The zero-order chi connectivity index (χ0) is 10.7. The molecule has 0 radical (unpaired) electrons. The van der Waals surface area contributed by atoms with Crippen LogP contribution in [0.25, 0.3) is 0 Å². The van der Waals surface area contributed by atoms with Crippen molar-refractivity contribution in [1.29, 1.82) is 0 Å². The second-order valence-corrected chi connectivity index (χ2v) is 5.18. The van der Waals surface area contributed by atoms with Gasteiger partial charge in [-0.05, 0) is 36.0 Å². The molecule has 0 aliphatic heterocycles. The summed E-state index contributed by atoms with van der Waals surface area (Å²) < 4.78 is 5.03. The number of rotatable bonds is 3. The fourth-order valence-electron chi connectivity index (χ4n) is 1.47. The van der Waals surface area contributed by atoms with Crippen molar-refractivity contribution in [3.8, 4) is 0 Å². The molecule has 15 heavy (non-hydrogen) atoms. The molecule has 0 aliphatic carbocycles. The molecule has 78 valence electrons. The van der Waals surface area contributed by atoms with Crippen molar-refractivity contribution in [2.24, 2.45) is 0 Å². The van der Waals surface area contributed by atoms with Crippen molar-refractivity contribution in [3.05, 3.63) is 44.2 Å². The lowest BCUT2D eigenvalue weighted by molar-refractivity contribution is 0.929. The molecule has 0 unspecified atom stereocenters. The Bertz CT molecular complexity index is 453. The van der Waals surface area contributed by atoms with E-state index in [1.807, 2.05) is 0 Å². The van der Waals surface area contributed by atoms with E-state index in [1.54, 1.807) is 0 Å². The average Bonchev–Trinajstić information content (AvgIpc) is 2.63. The summed E-state index contributed by atoms with van der Waals surface area (Å²) >= 11 is 3.66. The van der Waals surface area contributed by atoms with Crippen LogP contribution in [0.15, 0.2) is 24.3 Å². The maximum absolute atomic E-state index is 4.35. The van der Waals surface area contributed by atoms with Crippen LogP contribution in [-0.2, 0) is 12.8 Å². The lowest BCUT2D eigenvalue weighted by Crippen LogP contribution is -1.93. The van der Waals surface area contributed by atoms with E-state index in [1.165, 1.54) is 22.7 Å². The summed E-state index contributed by atoms with van der Waals surface area (Å²) in [5.74, 6) is 0. The number of benzene rings is 1. The Labute approximate surface area is 107 Å². The van der Waals surface area contributed by atoms with E-state index in [4.69, 9.17) is 0 Å². The van der Waals surface area contributed by atoms with Crippen molar-refractivity contribution < 1.29 is 0 Å². The molecular formula is C11H11IN2S. The predicted octanol–water partition coefficient (Wildman–Crippen LogP) is 3.24. The highest BCUT2D eigenvalue weighted by molar-refractivity contribution is 14.1. The van der Waals surface area contributed by atoms with Gasteiger partial charge in [-0.15, -0.1) is 0 Å². The van der Waals surface area contributed by atoms with Crippen LogP contribution in [0.1, 0.15) is 16.1 Å². The van der Waals surface area contributed by atoms with Gasteiger partial charge in [-0.25, -0.2) is 4.98 Å². The van der Waals surface area contributed by atoms with Crippen molar-refractivity contribution in [2.75, 3.05) is 0 Å². The van der Waals surface area contributed by atoms with E-state index in [9.17, 15) is 0 Å². The molecule has 0 aliphatic rings. The maximum atomic E-state index is 4.35. The van der Waals surface area contributed by atoms with Crippen molar-refractivity contribution >= 4 is 34.1 Å². The van der Waals surface area contributed by atoms with E-state index in [0.717, 1.165) is 21.7 Å². The van der Waals surface area contributed by atoms with E-state index in [0.29, 0.717) is 0 Å². The minimum absolute atomic E-state index is 0.859. The predicted molar refractivity (Wildman–Crippen MR) is 71.2 cm³/mol. The number of hydrogen-bond acceptors (Lipinski definition) is 3. The SMILES string of the molecule is Cc1ccccc1CCc1nc(I)ns1. The quantitative estimate of drug-likeness (QED) is 0.808. The molecule has 1 aromatic carbocycles. The molecule has 4 heteroatoms. The van der Waals surface area contributed by atoms with Gasteiger partial charge in [-0.3, -0.25) is 0 Å². The normalized spacial score (nSPS) is 10.5. The molecule has 0 bridgehead atoms. The first kappa shape index (κ1) is 11.0. The summed E-state index contributed by atoms with van der Waals surface area (Å²) in [6.45, 7) is 2.15. The molecule has 1 heterocycles. The van der Waals surface area contributed by atoms with Gasteiger partial charge in [-0.2, -0.15) is 4.37 Å². The monoisotopic (exact) mass is 330 g/mol. The number of aryl methyl sites for hydroxylation is 3. The van der Waals surface area contributed by atoms with Crippen LogP contribution in [-0.4, -0.2) is 9.36 Å². The third-order valence-corrected chi connectivity index (χ3v) is 3.89. The minimum atomic E-state index is 0.859. The van der Waals surface area contributed by atoms with Crippen molar-refractivity contribution in [2.45, 2.75) is 19.8 Å². The standard InChI is InChI=1S/C11H11IN2S/c1-8-4-2-3-5-9(8)6-7-10-13-11(12)14-15-10/h2-5H,6-7H2,1H3. The molecule has 0 saturated heterocycles. The molecule has 0 saturated carbocycles. The molecule has 0 fully saturated rings. The van der Waals surface area contributed by atoms with Gasteiger partial charge < -0.3 is 0 Å². The first-order valence-electron chi connectivity index (χ1n) is 4.78. The maximum Gasteiger partial charge on any atom is 0.203 e. The molecule has 2 rings (SSSR count). The fraction of sp³-hybridized carbons (Fsp3) is 0.273. The van der Waals surface area contributed by atoms with E-state index in [2.05, 4.69) is 63.1 Å². The van der Waals surface area contributed by atoms with Gasteiger partial charge in [0.25, 0.3) is 0 Å². The highest BCUT2D eigenvalue weighted by atomic mass is 127. The number of nitrogens with zero attached hydrogens (tertiary/aromatic N) is 2. The largest absolute Gasteiger partial charge is 0.215 e. The number of hydrogen-bond donors (Lipinski definition) is 0.